The van der Waals surface area contributed by atoms with Gasteiger partial charge < -0.3 is 19.7 Å². The number of carbonyl (C=O) groups is 1. The molecule has 2 atom stereocenters. The van der Waals surface area contributed by atoms with E-state index in [0.29, 0.717) is 31.0 Å². The van der Waals surface area contributed by atoms with Crippen molar-refractivity contribution in [3.63, 3.8) is 0 Å². The van der Waals surface area contributed by atoms with E-state index in [-0.39, 0.29) is 24.8 Å². The van der Waals surface area contributed by atoms with Gasteiger partial charge in [0.15, 0.2) is 0 Å². The highest BCUT2D eigenvalue weighted by atomic mass is 16.6. The zero-order valence-corrected chi connectivity index (χ0v) is 18.9. The average molecular weight is 459 g/mol. The van der Waals surface area contributed by atoms with Crippen LogP contribution in [0.3, 0.4) is 0 Å². The number of piperidine rings is 1. The van der Waals surface area contributed by atoms with Crippen LogP contribution in [0.25, 0.3) is 17.0 Å². The number of fused-ring (bicyclic) bond motifs is 1. The van der Waals surface area contributed by atoms with E-state index in [1.165, 1.54) is 0 Å². The monoisotopic (exact) mass is 458 g/mol. The van der Waals surface area contributed by atoms with Crippen LogP contribution in [-0.2, 0) is 16.1 Å². The number of amides is 1. The van der Waals surface area contributed by atoms with Crippen LogP contribution < -0.4 is 5.32 Å². The summed E-state index contributed by atoms with van der Waals surface area (Å²) in [7, 11) is 1.68. The third-order valence-corrected chi connectivity index (χ3v) is 5.96. The molecule has 3 aromatic heterocycles. The van der Waals surface area contributed by atoms with Crippen LogP contribution in [0, 0.1) is 0 Å². The Morgan fingerprint density at radius 2 is 1.97 bits per heavy atom. The minimum atomic E-state index is -0.337. The Morgan fingerprint density at radius 3 is 2.82 bits per heavy atom. The molecule has 1 aliphatic heterocycles. The molecule has 0 spiro atoms. The molecule has 1 aromatic carbocycles. The van der Waals surface area contributed by atoms with E-state index < -0.39 is 0 Å². The van der Waals surface area contributed by atoms with Gasteiger partial charge in [0.2, 0.25) is 0 Å². The number of imidazole rings is 1. The maximum atomic E-state index is 12.7. The summed E-state index contributed by atoms with van der Waals surface area (Å²) in [5.74, 6) is 0.606. The second kappa shape index (κ2) is 9.88. The van der Waals surface area contributed by atoms with Gasteiger partial charge in [-0.3, -0.25) is 9.38 Å². The minimum Gasteiger partial charge on any atom is -0.445 e. The van der Waals surface area contributed by atoms with E-state index in [9.17, 15) is 4.79 Å². The first-order valence-corrected chi connectivity index (χ1v) is 11.2. The van der Waals surface area contributed by atoms with Gasteiger partial charge in [0.05, 0.1) is 36.4 Å². The van der Waals surface area contributed by atoms with Crippen molar-refractivity contribution in [2.45, 2.75) is 25.2 Å². The fourth-order valence-corrected chi connectivity index (χ4v) is 4.20. The van der Waals surface area contributed by atoms with Crippen molar-refractivity contribution in [3.8, 4) is 11.4 Å². The van der Waals surface area contributed by atoms with Gasteiger partial charge in [-0.25, -0.2) is 14.8 Å². The van der Waals surface area contributed by atoms with Crippen molar-refractivity contribution in [1.29, 1.82) is 0 Å². The summed E-state index contributed by atoms with van der Waals surface area (Å²) < 4.78 is 13.2. The van der Waals surface area contributed by atoms with Crippen molar-refractivity contribution in [3.05, 3.63) is 78.9 Å². The van der Waals surface area contributed by atoms with Crippen molar-refractivity contribution in [1.82, 2.24) is 24.3 Å². The van der Waals surface area contributed by atoms with Crippen LogP contribution in [0.1, 0.15) is 12.0 Å². The van der Waals surface area contributed by atoms with E-state index in [4.69, 9.17) is 14.5 Å². The van der Waals surface area contributed by atoms with E-state index >= 15 is 0 Å². The molecule has 174 valence electrons. The predicted octanol–water partition coefficient (Wildman–Crippen LogP) is 3.63. The lowest BCUT2D eigenvalue weighted by Gasteiger charge is -2.37. The van der Waals surface area contributed by atoms with Crippen LogP contribution in [0.4, 0.5) is 10.6 Å². The molecule has 1 N–H and O–H groups in total. The summed E-state index contributed by atoms with van der Waals surface area (Å²) >= 11 is 0. The lowest BCUT2D eigenvalue weighted by molar-refractivity contribution is 0.0232. The fraction of sp³-hybridized carbons (Fsp3) is 0.280. The molecular weight excluding hydrogens is 432 g/mol. The highest BCUT2D eigenvalue weighted by molar-refractivity contribution is 5.68. The van der Waals surface area contributed by atoms with Crippen LogP contribution in [0.5, 0.6) is 0 Å². The zero-order chi connectivity index (χ0) is 23.3. The molecule has 4 aromatic rings. The summed E-state index contributed by atoms with van der Waals surface area (Å²) in [6, 6.07) is 15.3. The number of benzene rings is 1. The van der Waals surface area contributed by atoms with Crippen LogP contribution >= 0.6 is 0 Å². The normalized spacial score (nSPS) is 18.1. The lowest BCUT2D eigenvalue weighted by atomic mass is 10.0. The topological polar surface area (TPSA) is 93.9 Å². The molecule has 1 aliphatic rings. The molecule has 1 amide bonds. The number of aromatic nitrogens is 4. The van der Waals surface area contributed by atoms with Gasteiger partial charge in [0, 0.05) is 26.4 Å². The average Bonchev–Trinajstić information content (AvgIpc) is 3.32. The molecule has 0 radical (unpaired) electrons. The number of anilines is 1. The second-order valence-electron chi connectivity index (χ2n) is 8.16. The SMILES string of the molecule is CO[C@@H]1CCN(C(=O)OCc2ccccc2)C[C@H]1Nc1cncc(-c2cnc3ccccn23)n1. The summed E-state index contributed by atoms with van der Waals surface area (Å²) in [4.78, 5) is 28.0. The third-order valence-electron chi connectivity index (χ3n) is 5.96. The Balaban J connectivity index is 1.28. The van der Waals surface area contributed by atoms with Crippen molar-refractivity contribution < 1.29 is 14.3 Å². The summed E-state index contributed by atoms with van der Waals surface area (Å²) in [5.41, 5.74) is 3.35. The van der Waals surface area contributed by atoms with E-state index in [2.05, 4.69) is 15.3 Å². The number of carbonyl (C=O) groups excluding carboxylic acids is 1. The van der Waals surface area contributed by atoms with Crippen molar-refractivity contribution >= 4 is 17.6 Å². The molecule has 9 heteroatoms. The molecule has 0 unspecified atom stereocenters. The molecule has 5 rings (SSSR count). The highest BCUT2D eigenvalue weighted by Crippen LogP contribution is 2.22. The maximum Gasteiger partial charge on any atom is 0.410 e. The second-order valence-corrected chi connectivity index (χ2v) is 8.16. The number of ether oxygens (including phenoxy) is 2. The Labute approximate surface area is 197 Å². The number of rotatable bonds is 6. The van der Waals surface area contributed by atoms with Gasteiger partial charge in [0.25, 0.3) is 0 Å². The number of methoxy groups -OCH3 is 1. The van der Waals surface area contributed by atoms with Gasteiger partial charge in [-0.15, -0.1) is 0 Å². The highest BCUT2D eigenvalue weighted by Gasteiger charge is 2.32. The van der Waals surface area contributed by atoms with Crippen molar-refractivity contribution in [2.75, 3.05) is 25.5 Å². The number of nitrogens with zero attached hydrogens (tertiary/aromatic N) is 5. The van der Waals surface area contributed by atoms with Gasteiger partial charge in [0.1, 0.15) is 23.8 Å². The third kappa shape index (κ3) is 4.69. The van der Waals surface area contributed by atoms with Gasteiger partial charge >= 0.3 is 6.09 Å². The number of nitrogens with one attached hydrogen (secondary N) is 1. The molecule has 4 heterocycles. The largest absolute Gasteiger partial charge is 0.445 e. The maximum absolute atomic E-state index is 12.7. The van der Waals surface area contributed by atoms with E-state index in [0.717, 1.165) is 16.9 Å². The predicted molar refractivity (Wildman–Crippen MR) is 127 cm³/mol. The molecule has 9 nitrogen and oxygen atoms in total. The first-order chi connectivity index (χ1) is 16.7. The summed E-state index contributed by atoms with van der Waals surface area (Å²) in [5, 5.41) is 3.41. The quantitative estimate of drug-likeness (QED) is 0.472. The zero-order valence-electron chi connectivity index (χ0n) is 18.9. The Bertz CT molecular complexity index is 1260. The first-order valence-electron chi connectivity index (χ1n) is 11.2. The van der Waals surface area contributed by atoms with Crippen LogP contribution in [-0.4, -0.2) is 62.7 Å². The smallest absolute Gasteiger partial charge is 0.410 e. The van der Waals surface area contributed by atoms with Gasteiger partial charge in [-0.2, -0.15) is 0 Å². The van der Waals surface area contributed by atoms with Crippen LogP contribution in [0.15, 0.2) is 73.3 Å². The standard InChI is InChI=1S/C25H26N6O3/c1-33-22-10-12-30(25(32)34-17-18-7-3-2-4-8-18)16-20(22)29-23-15-26-13-19(28-23)21-14-27-24-9-5-6-11-31(21)24/h2-9,11,13-15,20,22H,10,12,16-17H2,1H3,(H,28,29)/t20-,22-/m1/s1. The number of hydrogen-bond donors (Lipinski definition) is 1. The van der Waals surface area contributed by atoms with Gasteiger partial charge in [-0.1, -0.05) is 36.4 Å². The Morgan fingerprint density at radius 1 is 1.12 bits per heavy atom. The first kappa shape index (κ1) is 21.8. The van der Waals surface area contributed by atoms with E-state index in [1.54, 1.807) is 30.6 Å². The summed E-state index contributed by atoms with van der Waals surface area (Å²) in [6.45, 7) is 1.25. The lowest BCUT2D eigenvalue weighted by Crippen LogP contribution is -2.53. The van der Waals surface area contributed by atoms with Crippen molar-refractivity contribution in [2.24, 2.45) is 0 Å². The fourth-order valence-electron chi connectivity index (χ4n) is 4.20. The number of pyridine rings is 1. The molecule has 1 fully saturated rings. The van der Waals surface area contributed by atoms with Gasteiger partial charge in [-0.05, 0) is 24.1 Å². The minimum absolute atomic E-state index is 0.0700. The molecular formula is C25H26N6O3. The number of likely N-dealkylation sites (tertiary alicyclic amines) is 1. The molecule has 1 saturated heterocycles. The Kier molecular flexibility index (Phi) is 6.35. The molecule has 34 heavy (non-hydrogen) atoms. The molecule has 0 aliphatic carbocycles. The number of hydrogen-bond acceptors (Lipinski definition) is 7. The molecule has 0 bridgehead atoms. The summed E-state index contributed by atoms with van der Waals surface area (Å²) in [6.07, 6.45) is 7.40. The van der Waals surface area contributed by atoms with Crippen LogP contribution in [0.2, 0.25) is 0 Å². The van der Waals surface area contributed by atoms with E-state index in [1.807, 2.05) is 59.1 Å². The molecule has 0 saturated carbocycles. The Hall–Kier alpha value is -3.98.